The van der Waals surface area contributed by atoms with Gasteiger partial charge in [0, 0.05) is 32.6 Å². The van der Waals surface area contributed by atoms with Crippen molar-refractivity contribution >= 4 is 34.9 Å². The predicted octanol–water partition coefficient (Wildman–Crippen LogP) is 3.29. The zero-order valence-corrected chi connectivity index (χ0v) is 13.4. The number of aromatic nitrogens is 1. The van der Waals surface area contributed by atoms with Crippen LogP contribution in [0.3, 0.4) is 0 Å². The van der Waals surface area contributed by atoms with Crippen LogP contribution < -0.4 is 11.3 Å². The Morgan fingerprint density at radius 1 is 1.40 bits per heavy atom. The standard InChI is InChI=1S/C11H16F3N3S3/c1-5-6(2)19-8(4-18-5)9(17-15)7-3-16-10(20-7)11(12,13)14/h3,5-6,8-9,17H,4,15H2,1-2H3. The highest BCUT2D eigenvalue weighted by Gasteiger charge is 2.37. The fourth-order valence-electron chi connectivity index (χ4n) is 1.92. The van der Waals surface area contributed by atoms with Crippen LogP contribution in [0.4, 0.5) is 13.2 Å². The molecule has 114 valence electrons. The van der Waals surface area contributed by atoms with Crippen molar-refractivity contribution in [3.63, 3.8) is 0 Å². The molecule has 1 aliphatic heterocycles. The number of hydrazine groups is 1. The molecule has 1 aliphatic rings. The van der Waals surface area contributed by atoms with Gasteiger partial charge in [-0.05, 0) is 0 Å². The lowest BCUT2D eigenvalue weighted by Crippen LogP contribution is -2.39. The van der Waals surface area contributed by atoms with E-state index in [4.69, 9.17) is 5.84 Å². The Kier molecular flexibility index (Phi) is 5.28. The van der Waals surface area contributed by atoms with Crippen molar-refractivity contribution in [2.24, 2.45) is 5.84 Å². The molecular formula is C11H16F3N3S3. The van der Waals surface area contributed by atoms with Crippen molar-refractivity contribution in [1.82, 2.24) is 10.4 Å². The van der Waals surface area contributed by atoms with Gasteiger partial charge in [0.25, 0.3) is 0 Å². The summed E-state index contributed by atoms with van der Waals surface area (Å²) in [6.07, 6.45) is -3.11. The number of nitrogens with two attached hydrogens (primary N) is 1. The maximum atomic E-state index is 12.6. The maximum absolute atomic E-state index is 12.6. The van der Waals surface area contributed by atoms with Gasteiger partial charge in [0.1, 0.15) is 0 Å². The number of hydrogen-bond acceptors (Lipinski definition) is 6. The summed E-state index contributed by atoms with van der Waals surface area (Å²) >= 11 is 4.27. The van der Waals surface area contributed by atoms with Crippen LogP contribution in [0.1, 0.15) is 29.8 Å². The Bertz CT molecular complexity index is 452. The van der Waals surface area contributed by atoms with E-state index in [1.807, 2.05) is 11.8 Å². The second-order valence-electron chi connectivity index (χ2n) is 4.63. The molecule has 1 aromatic heterocycles. The lowest BCUT2D eigenvalue weighted by molar-refractivity contribution is -0.137. The smallest absolute Gasteiger partial charge is 0.271 e. The van der Waals surface area contributed by atoms with Crippen LogP contribution in [-0.4, -0.2) is 26.5 Å². The SMILES string of the molecule is CC1SCC(C(NN)c2cnc(C(F)(F)F)s2)SC1C. The van der Waals surface area contributed by atoms with Gasteiger partial charge in [0.15, 0.2) is 5.01 Å². The number of hydrogen-bond donors (Lipinski definition) is 2. The maximum Gasteiger partial charge on any atom is 0.443 e. The van der Waals surface area contributed by atoms with E-state index in [0.29, 0.717) is 26.7 Å². The van der Waals surface area contributed by atoms with Gasteiger partial charge in [-0.15, -0.1) is 11.3 Å². The Morgan fingerprint density at radius 3 is 2.60 bits per heavy atom. The first kappa shape index (κ1) is 16.4. The lowest BCUT2D eigenvalue weighted by Gasteiger charge is -2.35. The van der Waals surface area contributed by atoms with Crippen molar-refractivity contribution in [3.8, 4) is 0 Å². The molecule has 0 aromatic carbocycles. The average Bonchev–Trinajstić information content (AvgIpc) is 2.84. The second-order valence-corrected chi connectivity index (χ2v) is 8.72. The molecule has 0 saturated carbocycles. The van der Waals surface area contributed by atoms with E-state index in [1.165, 1.54) is 6.20 Å². The summed E-state index contributed by atoms with van der Waals surface area (Å²) in [7, 11) is 0. The molecule has 0 spiro atoms. The lowest BCUT2D eigenvalue weighted by atomic mass is 10.2. The van der Waals surface area contributed by atoms with E-state index in [-0.39, 0.29) is 11.3 Å². The number of thioether (sulfide) groups is 2. The van der Waals surface area contributed by atoms with Crippen molar-refractivity contribution < 1.29 is 13.2 Å². The van der Waals surface area contributed by atoms with Crippen LogP contribution in [0.2, 0.25) is 0 Å². The fraction of sp³-hybridized carbons (Fsp3) is 0.727. The number of nitrogens with one attached hydrogen (secondary N) is 1. The van der Waals surface area contributed by atoms with Gasteiger partial charge in [0.2, 0.25) is 0 Å². The molecule has 4 unspecified atom stereocenters. The van der Waals surface area contributed by atoms with Crippen molar-refractivity contribution in [3.05, 3.63) is 16.1 Å². The zero-order valence-electron chi connectivity index (χ0n) is 11.0. The normalized spacial score (nSPS) is 29.4. The Balaban J connectivity index is 2.14. The van der Waals surface area contributed by atoms with Gasteiger partial charge in [-0.1, -0.05) is 13.8 Å². The highest BCUT2D eigenvalue weighted by molar-refractivity contribution is 8.07. The topological polar surface area (TPSA) is 50.9 Å². The summed E-state index contributed by atoms with van der Waals surface area (Å²) in [4.78, 5) is 4.01. The molecule has 1 fully saturated rings. The predicted molar refractivity (Wildman–Crippen MR) is 79.9 cm³/mol. The molecular weight excluding hydrogens is 327 g/mol. The van der Waals surface area contributed by atoms with E-state index < -0.39 is 11.2 Å². The quantitative estimate of drug-likeness (QED) is 0.651. The van der Waals surface area contributed by atoms with Gasteiger partial charge >= 0.3 is 6.18 Å². The summed E-state index contributed by atoms with van der Waals surface area (Å²) in [5.41, 5.74) is 2.66. The zero-order chi connectivity index (χ0) is 14.9. The summed E-state index contributed by atoms with van der Waals surface area (Å²) in [5, 5.41) is 0.326. The van der Waals surface area contributed by atoms with Crippen molar-refractivity contribution in [2.45, 2.75) is 41.8 Å². The van der Waals surface area contributed by atoms with Crippen LogP contribution in [0.5, 0.6) is 0 Å². The van der Waals surface area contributed by atoms with Gasteiger partial charge < -0.3 is 0 Å². The minimum Gasteiger partial charge on any atom is -0.271 e. The summed E-state index contributed by atoms with van der Waals surface area (Å²) in [5.74, 6) is 6.42. The van der Waals surface area contributed by atoms with E-state index in [1.54, 1.807) is 11.8 Å². The summed E-state index contributed by atoms with van der Waals surface area (Å²) in [6.45, 7) is 4.30. The molecule has 4 atom stereocenters. The third kappa shape index (κ3) is 3.62. The van der Waals surface area contributed by atoms with Crippen molar-refractivity contribution in [2.75, 3.05) is 5.75 Å². The van der Waals surface area contributed by atoms with Gasteiger partial charge in [-0.2, -0.15) is 36.7 Å². The number of rotatable bonds is 3. The molecule has 0 bridgehead atoms. The molecule has 9 heteroatoms. The van der Waals surface area contributed by atoms with E-state index >= 15 is 0 Å². The third-order valence-electron chi connectivity index (χ3n) is 3.20. The molecule has 0 aliphatic carbocycles. The van der Waals surface area contributed by atoms with Crippen LogP contribution in [-0.2, 0) is 6.18 Å². The molecule has 20 heavy (non-hydrogen) atoms. The van der Waals surface area contributed by atoms with Gasteiger partial charge in [-0.3, -0.25) is 11.3 Å². The van der Waals surface area contributed by atoms with Gasteiger partial charge in [0.05, 0.1) is 6.04 Å². The molecule has 2 heterocycles. The molecule has 1 saturated heterocycles. The monoisotopic (exact) mass is 343 g/mol. The van der Waals surface area contributed by atoms with Crippen LogP contribution in [0.25, 0.3) is 0 Å². The molecule has 0 radical (unpaired) electrons. The first-order chi connectivity index (χ1) is 9.32. The Morgan fingerprint density at radius 2 is 2.10 bits per heavy atom. The molecule has 3 N–H and O–H groups in total. The van der Waals surface area contributed by atoms with E-state index in [0.717, 1.165) is 5.75 Å². The Labute approximate surface area is 128 Å². The number of alkyl halides is 3. The molecule has 2 rings (SSSR count). The van der Waals surface area contributed by atoms with Gasteiger partial charge in [-0.25, -0.2) is 4.98 Å². The third-order valence-corrected chi connectivity index (χ3v) is 7.82. The minimum atomic E-state index is -4.39. The summed E-state index contributed by atoms with van der Waals surface area (Å²) in [6, 6.07) is -0.295. The van der Waals surface area contributed by atoms with Crippen LogP contribution in [0, 0.1) is 0 Å². The first-order valence-electron chi connectivity index (χ1n) is 6.09. The first-order valence-corrected chi connectivity index (χ1v) is 8.90. The Hall–Kier alpha value is 0.0400. The molecule has 3 nitrogen and oxygen atoms in total. The molecule has 1 aromatic rings. The largest absolute Gasteiger partial charge is 0.443 e. The van der Waals surface area contributed by atoms with Crippen molar-refractivity contribution in [1.29, 1.82) is 0 Å². The fourth-order valence-corrected chi connectivity index (χ4v) is 6.00. The average molecular weight is 343 g/mol. The number of nitrogens with zero attached hydrogens (tertiary/aromatic N) is 1. The summed E-state index contributed by atoms with van der Waals surface area (Å²) < 4.78 is 37.8. The second kappa shape index (κ2) is 6.43. The van der Waals surface area contributed by atoms with E-state index in [2.05, 4.69) is 24.3 Å². The minimum absolute atomic E-state index is 0.151. The highest BCUT2D eigenvalue weighted by atomic mass is 32.2. The van der Waals surface area contributed by atoms with Crippen LogP contribution >= 0.6 is 34.9 Å². The highest BCUT2D eigenvalue weighted by Crippen LogP contribution is 2.43. The van der Waals surface area contributed by atoms with Crippen LogP contribution in [0.15, 0.2) is 6.20 Å². The number of thiazole rings is 1. The molecule has 0 amide bonds. The van der Waals surface area contributed by atoms with E-state index in [9.17, 15) is 13.2 Å². The number of halogens is 3.